The molecule has 1 atom stereocenters. The Labute approximate surface area is 140 Å². The highest BCUT2D eigenvalue weighted by atomic mass is 16.5. The van der Waals surface area contributed by atoms with Crippen molar-refractivity contribution in [1.82, 2.24) is 10.1 Å². The number of aryl methyl sites for hydroxylation is 1. The monoisotopic (exact) mass is 328 g/mol. The van der Waals surface area contributed by atoms with Crippen LogP contribution in [0.4, 0.5) is 0 Å². The van der Waals surface area contributed by atoms with Crippen LogP contribution in [0.5, 0.6) is 0 Å². The Kier molecular flexibility index (Phi) is 4.64. The molecule has 1 aromatic heterocycles. The molecule has 2 heterocycles. The summed E-state index contributed by atoms with van der Waals surface area (Å²) in [6.07, 6.45) is 2.06. The first kappa shape index (κ1) is 16.2. The Bertz CT molecular complexity index is 736. The molecule has 1 aliphatic heterocycles. The first-order chi connectivity index (χ1) is 11.6. The Morgan fingerprint density at radius 2 is 2.08 bits per heavy atom. The number of nitrogens with zero attached hydrogens (tertiary/aromatic N) is 2. The molecule has 2 aromatic rings. The molecule has 1 fully saturated rings. The molecule has 1 aliphatic rings. The van der Waals surface area contributed by atoms with E-state index in [0.29, 0.717) is 37.4 Å². The van der Waals surface area contributed by atoms with Gasteiger partial charge in [0, 0.05) is 18.7 Å². The lowest BCUT2D eigenvalue weighted by molar-refractivity contribution is -0.147. The van der Waals surface area contributed by atoms with Gasteiger partial charge in [0.2, 0.25) is 0 Å². The van der Waals surface area contributed by atoms with Crippen molar-refractivity contribution in [3.05, 3.63) is 41.6 Å². The maximum Gasteiger partial charge on any atom is 0.310 e. The number of carbonyl (C=O) groups is 2. The van der Waals surface area contributed by atoms with Crippen molar-refractivity contribution >= 4 is 11.9 Å². The molecule has 1 amide bonds. The average Bonchev–Trinajstić information content (AvgIpc) is 3.25. The third-order valence-electron chi connectivity index (χ3n) is 4.21. The standard InChI is InChI=1S/C18H20N2O4/c1-3-23-18(22)14-8-9-20(11-14)17(21)15-10-19-24-16(15)13-6-4-12(2)5-7-13/h4-7,10,14H,3,8-9,11H2,1-2H3. The summed E-state index contributed by atoms with van der Waals surface area (Å²) in [6.45, 7) is 5.03. The summed E-state index contributed by atoms with van der Waals surface area (Å²) in [5, 5.41) is 3.78. The van der Waals surface area contributed by atoms with Crippen molar-refractivity contribution in [2.24, 2.45) is 5.92 Å². The minimum atomic E-state index is -0.253. The Balaban J connectivity index is 1.76. The number of hydrogen-bond acceptors (Lipinski definition) is 5. The lowest BCUT2D eigenvalue weighted by Crippen LogP contribution is -2.30. The van der Waals surface area contributed by atoms with Gasteiger partial charge in [-0.25, -0.2) is 0 Å². The molecule has 0 radical (unpaired) electrons. The summed E-state index contributed by atoms with van der Waals surface area (Å²) in [7, 11) is 0. The number of benzene rings is 1. The van der Waals surface area contributed by atoms with Crippen molar-refractivity contribution in [2.75, 3.05) is 19.7 Å². The van der Waals surface area contributed by atoms with Crippen molar-refractivity contribution in [3.63, 3.8) is 0 Å². The molecule has 1 aromatic carbocycles. The Morgan fingerprint density at radius 1 is 1.33 bits per heavy atom. The first-order valence-electron chi connectivity index (χ1n) is 8.07. The van der Waals surface area contributed by atoms with Crippen molar-refractivity contribution in [3.8, 4) is 11.3 Å². The molecule has 126 valence electrons. The quantitative estimate of drug-likeness (QED) is 0.807. The number of ether oxygens (including phenoxy) is 1. The van der Waals surface area contributed by atoms with Crippen LogP contribution in [0.15, 0.2) is 35.0 Å². The number of esters is 1. The highest BCUT2D eigenvalue weighted by Gasteiger charge is 2.34. The third-order valence-corrected chi connectivity index (χ3v) is 4.21. The van der Waals surface area contributed by atoms with E-state index in [1.165, 1.54) is 6.20 Å². The second-order valence-corrected chi connectivity index (χ2v) is 5.92. The predicted molar refractivity (Wildman–Crippen MR) is 87.3 cm³/mol. The zero-order valence-corrected chi connectivity index (χ0v) is 13.8. The zero-order valence-electron chi connectivity index (χ0n) is 13.8. The van der Waals surface area contributed by atoms with E-state index in [4.69, 9.17) is 9.26 Å². The summed E-state index contributed by atoms with van der Waals surface area (Å²) in [5.41, 5.74) is 2.36. The summed E-state index contributed by atoms with van der Waals surface area (Å²) in [5.74, 6) is -0.202. The van der Waals surface area contributed by atoms with Crippen LogP contribution in [-0.4, -0.2) is 41.6 Å². The van der Waals surface area contributed by atoms with Crippen LogP contribution in [0.3, 0.4) is 0 Å². The molecule has 0 saturated carbocycles. The largest absolute Gasteiger partial charge is 0.466 e. The van der Waals surface area contributed by atoms with Gasteiger partial charge in [-0.15, -0.1) is 0 Å². The lowest BCUT2D eigenvalue weighted by atomic mass is 10.1. The van der Waals surface area contributed by atoms with Gasteiger partial charge >= 0.3 is 5.97 Å². The second kappa shape index (κ2) is 6.86. The van der Waals surface area contributed by atoms with E-state index in [1.807, 2.05) is 31.2 Å². The topological polar surface area (TPSA) is 72.6 Å². The van der Waals surface area contributed by atoms with Crippen LogP contribution in [0.2, 0.25) is 0 Å². The molecule has 6 heteroatoms. The van der Waals surface area contributed by atoms with Crippen LogP contribution < -0.4 is 0 Å². The fraction of sp³-hybridized carbons (Fsp3) is 0.389. The highest BCUT2D eigenvalue weighted by Crippen LogP contribution is 2.27. The molecule has 0 bridgehead atoms. The minimum Gasteiger partial charge on any atom is -0.466 e. The van der Waals surface area contributed by atoms with Crippen LogP contribution in [0.1, 0.15) is 29.3 Å². The minimum absolute atomic E-state index is 0.168. The number of likely N-dealkylation sites (tertiary alicyclic amines) is 1. The average molecular weight is 328 g/mol. The fourth-order valence-corrected chi connectivity index (χ4v) is 2.87. The van der Waals surface area contributed by atoms with Gasteiger partial charge in [-0.2, -0.15) is 0 Å². The molecule has 6 nitrogen and oxygen atoms in total. The summed E-state index contributed by atoms with van der Waals surface area (Å²) >= 11 is 0. The van der Waals surface area contributed by atoms with E-state index < -0.39 is 0 Å². The number of rotatable bonds is 4. The molecule has 1 unspecified atom stereocenters. The van der Waals surface area contributed by atoms with E-state index in [1.54, 1.807) is 11.8 Å². The van der Waals surface area contributed by atoms with E-state index >= 15 is 0 Å². The van der Waals surface area contributed by atoms with Gasteiger partial charge in [0.1, 0.15) is 5.56 Å². The Hall–Kier alpha value is -2.63. The number of hydrogen-bond donors (Lipinski definition) is 0. The molecule has 1 saturated heterocycles. The molecular weight excluding hydrogens is 308 g/mol. The summed E-state index contributed by atoms with van der Waals surface area (Å²) < 4.78 is 10.3. The summed E-state index contributed by atoms with van der Waals surface area (Å²) in [4.78, 5) is 26.3. The van der Waals surface area contributed by atoms with Crippen LogP contribution >= 0.6 is 0 Å². The van der Waals surface area contributed by atoms with Gasteiger partial charge in [-0.3, -0.25) is 9.59 Å². The van der Waals surface area contributed by atoms with E-state index in [9.17, 15) is 9.59 Å². The van der Waals surface area contributed by atoms with Crippen LogP contribution in [-0.2, 0) is 9.53 Å². The highest BCUT2D eigenvalue weighted by molar-refractivity contribution is 5.99. The molecule has 0 N–H and O–H groups in total. The Morgan fingerprint density at radius 3 is 2.79 bits per heavy atom. The normalized spacial score (nSPS) is 17.1. The van der Waals surface area contributed by atoms with E-state index in [-0.39, 0.29) is 17.8 Å². The van der Waals surface area contributed by atoms with Crippen LogP contribution in [0.25, 0.3) is 11.3 Å². The van der Waals surface area contributed by atoms with Crippen molar-refractivity contribution in [1.29, 1.82) is 0 Å². The summed E-state index contributed by atoms with van der Waals surface area (Å²) in [6, 6.07) is 7.72. The van der Waals surface area contributed by atoms with Gasteiger partial charge in [0.25, 0.3) is 5.91 Å². The van der Waals surface area contributed by atoms with Gasteiger partial charge in [0.15, 0.2) is 5.76 Å². The van der Waals surface area contributed by atoms with Crippen molar-refractivity contribution in [2.45, 2.75) is 20.3 Å². The fourth-order valence-electron chi connectivity index (χ4n) is 2.87. The van der Waals surface area contributed by atoms with E-state index in [0.717, 1.165) is 11.1 Å². The molecule has 24 heavy (non-hydrogen) atoms. The second-order valence-electron chi connectivity index (χ2n) is 5.92. The molecule has 3 rings (SSSR count). The van der Waals surface area contributed by atoms with Crippen molar-refractivity contribution < 1.29 is 18.8 Å². The smallest absolute Gasteiger partial charge is 0.310 e. The lowest BCUT2D eigenvalue weighted by Gasteiger charge is -2.15. The molecule has 0 aliphatic carbocycles. The van der Waals surface area contributed by atoms with Gasteiger partial charge in [-0.1, -0.05) is 35.0 Å². The molecule has 0 spiro atoms. The predicted octanol–water partition coefficient (Wildman–Crippen LogP) is 2.68. The van der Waals surface area contributed by atoms with Gasteiger partial charge in [0.05, 0.1) is 18.7 Å². The maximum absolute atomic E-state index is 12.8. The zero-order chi connectivity index (χ0) is 17.1. The molecular formula is C18H20N2O4. The SMILES string of the molecule is CCOC(=O)C1CCN(C(=O)c2cnoc2-c2ccc(C)cc2)C1. The van der Waals surface area contributed by atoms with Gasteiger partial charge in [-0.05, 0) is 20.3 Å². The number of aromatic nitrogens is 1. The number of carbonyl (C=O) groups excluding carboxylic acids is 2. The third kappa shape index (κ3) is 3.18. The van der Waals surface area contributed by atoms with Gasteiger partial charge < -0.3 is 14.2 Å². The first-order valence-corrected chi connectivity index (χ1v) is 8.07. The number of amides is 1. The maximum atomic E-state index is 12.8. The van der Waals surface area contributed by atoms with Crippen LogP contribution in [0, 0.1) is 12.8 Å². The van der Waals surface area contributed by atoms with E-state index in [2.05, 4.69) is 5.16 Å².